The molecule has 7 heteroatoms. The maximum atomic E-state index is 12.4. The van der Waals surface area contributed by atoms with Crippen molar-refractivity contribution in [3.05, 3.63) is 70.4 Å². The van der Waals surface area contributed by atoms with E-state index in [0.29, 0.717) is 16.6 Å². The van der Waals surface area contributed by atoms with Crippen LogP contribution < -0.4 is 10.1 Å². The third-order valence-corrected chi connectivity index (χ3v) is 5.97. The van der Waals surface area contributed by atoms with Crippen LogP contribution in [0.4, 0.5) is 5.82 Å². The van der Waals surface area contributed by atoms with Crippen molar-refractivity contribution >= 4 is 35.1 Å². The van der Waals surface area contributed by atoms with Crippen molar-refractivity contribution in [2.75, 3.05) is 18.2 Å². The van der Waals surface area contributed by atoms with Gasteiger partial charge in [-0.15, -0.1) is 11.8 Å². The number of rotatable bonds is 3. The van der Waals surface area contributed by atoms with Gasteiger partial charge in [-0.25, -0.2) is 4.68 Å². The minimum Gasteiger partial charge on any atom is -0.496 e. The Hall–Kier alpha value is -2.44. The largest absolute Gasteiger partial charge is 0.496 e. The van der Waals surface area contributed by atoms with Crippen molar-refractivity contribution in [3.8, 4) is 11.4 Å². The van der Waals surface area contributed by atoms with Crippen LogP contribution >= 0.6 is 23.4 Å². The summed E-state index contributed by atoms with van der Waals surface area (Å²) >= 11 is 7.73. The fourth-order valence-corrected chi connectivity index (χ4v) is 4.70. The molecule has 0 saturated heterocycles. The molecule has 1 atom stereocenters. The highest BCUT2D eigenvalue weighted by Gasteiger charge is 2.32. The van der Waals surface area contributed by atoms with Crippen LogP contribution in [0.3, 0.4) is 0 Å². The Balaban J connectivity index is 1.92. The first-order chi connectivity index (χ1) is 13.1. The SMILES string of the molecule is COc1ccccc1[C@H]1SCC(=O)Nc2c1c(C)nn2-c1cccc(Cl)c1. The second-order valence-electron chi connectivity index (χ2n) is 6.22. The van der Waals surface area contributed by atoms with Gasteiger partial charge in [0.1, 0.15) is 11.6 Å². The number of para-hydroxylation sites is 1. The first-order valence-electron chi connectivity index (χ1n) is 8.48. The molecular formula is C20H18ClN3O2S. The maximum absolute atomic E-state index is 12.4. The van der Waals surface area contributed by atoms with E-state index in [4.69, 9.17) is 21.4 Å². The van der Waals surface area contributed by atoms with E-state index >= 15 is 0 Å². The summed E-state index contributed by atoms with van der Waals surface area (Å²) in [7, 11) is 1.66. The Morgan fingerprint density at radius 2 is 2.07 bits per heavy atom. The molecule has 0 radical (unpaired) electrons. The number of amides is 1. The van der Waals surface area contributed by atoms with E-state index < -0.39 is 0 Å². The number of hydrogen-bond donors (Lipinski definition) is 1. The van der Waals surface area contributed by atoms with E-state index in [1.54, 1.807) is 23.6 Å². The van der Waals surface area contributed by atoms with Crippen LogP contribution in [-0.4, -0.2) is 28.6 Å². The molecule has 1 amide bonds. The normalized spacial score (nSPS) is 16.4. The van der Waals surface area contributed by atoms with Crippen molar-refractivity contribution in [2.45, 2.75) is 12.2 Å². The molecule has 0 bridgehead atoms. The van der Waals surface area contributed by atoms with Gasteiger partial charge in [0, 0.05) is 16.1 Å². The van der Waals surface area contributed by atoms with Crippen LogP contribution in [0.15, 0.2) is 48.5 Å². The second-order valence-corrected chi connectivity index (χ2v) is 7.75. The van der Waals surface area contributed by atoms with Gasteiger partial charge in [-0.1, -0.05) is 35.9 Å². The first-order valence-corrected chi connectivity index (χ1v) is 9.91. The summed E-state index contributed by atoms with van der Waals surface area (Å²) in [6, 6.07) is 15.3. The van der Waals surface area contributed by atoms with E-state index in [1.807, 2.05) is 55.5 Å². The molecule has 138 valence electrons. The van der Waals surface area contributed by atoms with Crippen molar-refractivity contribution in [1.29, 1.82) is 0 Å². The standard InChI is InChI=1S/C20H18ClN3O2S/c1-12-18-19(15-8-3-4-9-16(15)26-2)27-11-17(25)22-20(18)24(23-12)14-7-5-6-13(21)10-14/h3-10,19H,11H2,1-2H3,(H,22,25)/t19-/m1/s1. The third-order valence-electron chi connectivity index (χ3n) is 4.48. The molecule has 4 rings (SSSR count). The van der Waals surface area contributed by atoms with Crippen LogP contribution in [0.1, 0.15) is 22.1 Å². The van der Waals surface area contributed by atoms with Gasteiger partial charge in [0.05, 0.1) is 29.5 Å². The number of nitrogens with zero attached hydrogens (tertiary/aromatic N) is 2. The second kappa shape index (κ2) is 7.29. The number of benzene rings is 2. The molecule has 0 aliphatic carbocycles. The fraction of sp³-hybridized carbons (Fsp3) is 0.200. The summed E-state index contributed by atoms with van der Waals surface area (Å²) in [5, 5.41) is 8.27. The minimum absolute atomic E-state index is 0.0539. The van der Waals surface area contributed by atoms with Gasteiger partial charge >= 0.3 is 0 Å². The Bertz CT molecular complexity index is 1020. The predicted molar refractivity (Wildman–Crippen MR) is 109 cm³/mol. The lowest BCUT2D eigenvalue weighted by Gasteiger charge is -2.18. The van der Waals surface area contributed by atoms with Gasteiger partial charge < -0.3 is 10.1 Å². The molecule has 0 unspecified atom stereocenters. The molecular weight excluding hydrogens is 382 g/mol. The predicted octanol–water partition coefficient (Wildman–Crippen LogP) is 4.62. The van der Waals surface area contributed by atoms with Crippen molar-refractivity contribution in [2.24, 2.45) is 0 Å². The number of fused-ring (bicyclic) bond motifs is 1. The molecule has 2 aromatic carbocycles. The van der Waals surface area contributed by atoms with Gasteiger partial charge in [-0.3, -0.25) is 4.79 Å². The molecule has 1 aliphatic rings. The number of hydrogen-bond acceptors (Lipinski definition) is 4. The number of aromatic nitrogens is 2. The van der Waals surface area contributed by atoms with Crippen molar-refractivity contribution < 1.29 is 9.53 Å². The van der Waals surface area contributed by atoms with Crippen LogP contribution in [0.25, 0.3) is 5.69 Å². The smallest absolute Gasteiger partial charge is 0.235 e. The van der Waals surface area contributed by atoms with Crippen molar-refractivity contribution in [3.63, 3.8) is 0 Å². The number of anilines is 1. The topological polar surface area (TPSA) is 56.1 Å². The summed E-state index contributed by atoms with van der Waals surface area (Å²) in [5.41, 5.74) is 3.67. The van der Waals surface area contributed by atoms with E-state index in [0.717, 1.165) is 28.3 Å². The van der Waals surface area contributed by atoms with Crippen LogP contribution in [0.2, 0.25) is 5.02 Å². The highest BCUT2D eigenvalue weighted by molar-refractivity contribution is 8.00. The monoisotopic (exact) mass is 399 g/mol. The molecule has 0 fully saturated rings. The van der Waals surface area contributed by atoms with Crippen molar-refractivity contribution in [1.82, 2.24) is 9.78 Å². The van der Waals surface area contributed by atoms with E-state index in [2.05, 4.69) is 5.32 Å². The molecule has 0 saturated carbocycles. The molecule has 1 aromatic heterocycles. The zero-order chi connectivity index (χ0) is 19.0. The number of ether oxygens (including phenoxy) is 1. The first kappa shape index (κ1) is 17.9. The quantitative estimate of drug-likeness (QED) is 0.698. The summed E-state index contributed by atoms with van der Waals surface area (Å²) in [4.78, 5) is 12.4. The number of methoxy groups -OCH3 is 1. The highest BCUT2D eigenvalue weighted by Crippen LogP contribution is 2.46. The highest BCUT2D eigenvalue weighted by atomic mass is 35.5. The lowest BCUT2D eigenvalue weighted by Crippen LogP contribution is -2.15. The number of thioether (sulfide) groups is 1. The Morgan fingerprint density at radius 3 is 2.85 bits per heavy atom. The Kier molecular flexibility index (Phi) is 4.85. The van der Waals surface area contributed by atoms with Crippen LogP contribution in [0, 0.1) is 6.92 Å². The summed E-state index contributed by atoms with van der Waals surface area (Å²) < 4.78 is 7.32. The molecule has 2 heterocycles. The minimum atomic E-state index is -0.0666. The maximum Gasteiger partial charge on any atom is 0.235 e. The van der Waals surface area contributed by atoms with E-state index in [9.17, 15) is 4.79 Å². The molecule has 0 spiro atoms. The molecule has 5 nitrogen and oxygen atoms in total. The van der Waals surface area contributed by atoms with Gasteiger partial charge in [0.25, 0.3) is 0 Å². The molecule has 1 N–H and O–H groups in total. The molecule has 1 aliphatic heterocycles. The van der Waals surface area contributed by atoms with Gasteiger partial charge in [0.2, 0.25) is 5.91 Å². The number of carbonyl (C=O) groups is 1. The summed E-state index contributed by atoms with van der Waals surface area (Å²) in [6.45, 7) is 1.96. The van der Waals surface area contributed by atoms with E-state index in [-0.39, 0.29) is 11.2 Å². The zero-order valence-corrected chi connectivity index (χ0v) is 16.5. The number of aryl methyl sites for hydroxylation is 1. The Labute approximate surface area is 166 Å². The number of nitrogens with one attached hydrogen (secondary N) is 1. The average molecular weight is 400 g/mol. The lowest BCUT2D eigenvalue weighted by molar-refractivity contribution is -0.113. The van der Waals surface area contributed by atoms with Crippen LogP contribution in [-0.2, 0) is 4.79 Å². The lowest BCUT2D eigenvalue weighted by atomic mass is 10.0. The zero-order valence-electron chi connectivity index (χ0n) is 14.9. The van der Waals surface area contributed by atoms with E-state index in [1.165, 1.54) is 0 Å². The van der Waals surface area contributed by atoms with Gasteiger partial charge in [-0.05, 0) is 31.2 Å². The van der Waals surface area contributed by atoms with Crippen LogP contribution in [0.5, 0.6) is 5.75 Å². The number of carbonyl (C=O) groups excluding carboxylic acids is 1. The summed E-state index contributed by atoms with van der Waals surface area (Å²) in [6.07, 6.45) is 0. The van der Waals surface area contributed by atoms with Gasteiger partial charge in [0.15, 0.2) is 0 Å². The molecule has 3 aromatic rings. The fourth-order valence-electron chi connectivity index (χ4n) is 3.31. The third kappa shape index (κ3) is 3.31. The Morgan fingerprint density at radius 1 is 1.26 bits per heavy atom. The summed E-state index contributed by atoms with van der Waals surface area (Å²) in [5.74, 6) is 1.78. The average Bonchev–Trinajstić information content (AvgIpc) is 2.88. The number of halogens is 1. The molecule has 27 heavy (non-hydrogen) atoms. The van der Waals surface area contributed by atoms with Gasteiger partial charge in [-0.2, -0.15) is 5.10 Å².